The number of carbonyl (C=O) groups excluding carboxylic acids is 1. The van der Waals surface area contributed by atoms with Crippen LogP contribution in [0.25, 0.3) is 0 Å². The molecule has 2 aromatic carbocycles. The van der Waals surface area contributed by atoms with Crippen molar-refractivity contribution in [2.24, 2.45) is 0 Å². The van der Waals surface area contributed by atoms with Gasteiger partial charge in [-0.15, -0.1) is 0 Å². The highest BCUT2D eigenvalue weighted by atomic mass is 19.1. The van der Waals surface area contributed by atoms with Crippen LogP contribution in [0.2, 0.25) is 0 Å². The third-order valence-corrected chi connectivity index (χ3v) is 5.14. The van der Waals surface area contributed by atoms with Crippen molar-refractivity contribution in [1.29, 1.82) is 0 Å². The molecular weight excluding hydrogens is 357 g/mol. The largest absolute Gasteiger partial charge is 0.489 e. The van der Waals surface area contributed by atoms with Crippen molar-refractivity contribution >= 4 is 6.29 Å². The van der Waals surface area contributed by atoms with E-state index in [1.165, 1.54) is 0 Å². The van der Waals surface area contributed by atoms with Crippen molar-refractivity contribution in [3.8, 4) is 5.75 Å². The van der Waals surface area contributed by atoms with Crippen molar-refractivity contribution < 1.29 is 18.7 Å². The van der Waals surface area contributed by atoms with E-state index in [9.17, 15) is 9.18 Å². The van der Waals surface area contributed by atoms with Crippen LogP contribution in [0.4, 0.5) is 4.39 Å². The molecule has 0 saturated carbocycles. The molecule has 5 heteroatoms. The van der Waals surface area contributed by atoms with Gasteiger partial charge < -0.3 is 14.3 Å². The summed E-state index contributed by atoms with van der Waals surface area (Å²) in [4.78, 5) is 13.3. The van der Waals surface area contributed by atoms with Gasteiger partial charge >= 0.3 is 0 Å². The normalized spacial score (nSPS) is 15.4. The molecule has 0 aromatic heterocycles. The predicted octanol–water partition coefficient (Wildman–Crippen LogP) is 3.76. The van der Waals surface area contributed by atoms with Crippen LogP contribution in [0.5, 0.6) is 5.75 Å². The maximum absolute atomic E-state index is 14.6. The topological polar surface area (TPSA) is 38.8 Å². The zero-order valence-electron chi connectivity index (χ0n) is 16.6. The minimum atomic E-state index is -0.357. The van der Waals surface area contributed by atoms with Gasteiger partial charge in [-0.1, -0.05) is 44.2 Å². The van der Waals surface area contributed by atoms with E-state index in [1.54, 1.807) is 12.1 Å². The number of morpholine rings is 1. The van der Waals surface area contributed by atoms with Crippen LogP contribution >= 0.6 is 0 Å². The quantitative estimate of drug-likeness (QED) is 0.649. The van der Waals surface area contributed by atoms with Crippen LogP contribution in [0.1, 0.15) is 30.5 Å². The van der Waals surface area contributed by atoms with Crippen molar-refractivity contribution in [2.75, 3.05) is 32.8 Å². The maximum atomic E-state index is 14.6. The van der Waals surface area contributed by atoms with Crippen LogP contribution in [-0.2, 0) is 28.0 Å². The number of rotatable bonds is 8. The monoisotopic (exact) mass is 385 g/mol. The first kappa shape index (κ1) is 20.5. The second-order valence-electron chi connectivity index (χ2n) is 7.86. The Morgan fingerprint density at radius 3 is 2.57 bits per heavy atom. The fourth-order valence-corrected chi connectivity index (χ4v) is 3.63. The van der Waals surface area contributed by atoms with Crippen molar-refractivity contribution in [3.63, 3.8) is 0 Å². The molecule has 2 aromatic rings. The van der Waals surface area contributed by atoms with Gasteiger partial charge in [0.2, 0.25) is 0 Å². The van der Waals surface area contributed by atoms with Gasteiger partial charge in [0.1, 0.15) is 24.5 Å². The summed E-state index contributed by atoms with van der Waals surface area (Å²) in [6.45, 7) is 8.57. The number of ether oxygens (including phenoxy) is 2. The number of halogens is 1. The smallest absolute Gasteiger partial charge is 0.127 e. The van der Waals surface area contributed by atoms with E-state index in [2.05, 4.69) is 18.7 Å². The molecule has 0 amide bonds. The summed E-state index contributed by atoms with van der Waals surface area (Å²) in [6, 6.07) is 13.1. The Hall–Kier alpha value is -2.24. The highest BCUT2D eigenvalue weighted by molar-refractivity contribution is 5.57. The molecule has 1 aliphatic heterocycles. The third kappa shape index (κ3) is 5.18. The summed E-state index contributed by atoms with van der Waals surface area (Å²) >= 11 is 0. The van der Waals surface area contributed by atoms with Gasteiger partial charge in [-0.2, -0.15) is 0 Å². The fraction of sp³-hybridized carbons (Fsp3) is 0.435. The zero-order chi connectivity index (χ0) is 20.0. The molecule has 0 bridgehead atoms. The van der Waals surface area contributed by atoms with Crippen molar-refractivity contribution in [3.05, 3.63) is 65.0 Å². The van der Waals surface area contributed by atoms with Gasteiger partial charge in [0.25, 0.3) is 0 Å². The molecular formula is C23H28FNO3. The average Bonchev–Trinajstić information content (AvgIpc) is 2.69. The number of carbonyl (C=O) groups is 1. The third-order valence-electron chi connectivity index (χ3n) is 5.14. The molecule has 0 N–H and O–H groups in total. The molecule has 1 fully saturated rings. The van der Waals surface area contributed by atoms with E-state index in [0.29, 0.717) is 17.9 Å². The summed E-state index contributed by atoms with van der Waals surface area (Å²) in [7, 11) is 0. The van der Waals surface area contributed by atoms with Gasteiger partial charge in [-0.05, 0) is 23.3 Å². The average molecular weight is 385 g/mol. The minimum absolute atomic E-state index is 0.0394. The second kappa shape index (κ2) is 9.30. The van der Waals surface area contributed by atoms with Crippen LogP contribution in [0.3, 0.4) is 0 Å². The highest BCUT2D eigenvalue weighted by Gasteiger charge is 2.29. The van der Waals surface area contributed by atoms with Crippen LogP contribution < -0.4 is 4.74 Å². The Balaban J connectivity index is 1.88. The summed E-state index contributed by atoms with van der Waals surface area (Å²) in [5.41, 5.74) is 1.91. The molecule has 3 rings (SSSR count). The van der Waals surface area contributed by atoms with Gasteiger partial charge in [0.05, 0.1) is 13.2 Å². The molecule has 1 aliphatic rings. The Morgan fingerprint density at radius 2 is 1.89 bits per heavy atom. The molecule has 28 heavy (non-hydrogen) atoms. The lowest BCUT2D eigenvalue weighted by Crippen LogP contribution is -2.43. The number of hydrogen-bond donors (Lipinski definition) is 0. The molecule has 150 valence electrons. The lowest BCUT2D eigenvalue weighted by molar-refractivity contribution is -0.107. The Labute approximate surface area is 166 Å². The molecule has 1 saturated heterocycles. The van der Waals surface area contributed by atoms with E-state index in [0.717, 1.165) is 50.3 Å². The van der Waals surface area contributed by atoms with Crippen LogP contribution in [0, 0.1) is 5.82 Å². The summed E-state index contributed by atoms with van der Waals surface area (Å²) in [5.74, 6) is 0.282. The standard InChI is InChI=1S/C23H28FNO3/c1-23(2,17-25-9-12-27-13-10-25)20-15-21(24)19(8-11-26)14-22(20)28-16-18-6-4-3-5-7-18/h3-7,11,14-15H,8-10,12-13,16-17H2,1-2H3. The van der Waals surface area contributed by atoms with E-state index in [1.807, 2.05) is 30.3 Å². The number of benzene rings is 2. The molecule has 4 nitrogen and oxygen atoms in total. The molecule has 0 atom stereocenters. The number of nitrogens with zero attached hydrogens (tertiary/aromatic N) is 1. The van der Waals surface area contributed by atoms with Crippen molar-refractivity contribution in [2.45, 2.75) is 32.3 Å². The first-order chi connectivity index (χ1) is 13.5. The lowest BCUT2D eigenvalue weighted by Gasteiger charge is -2.36. The highest BCUT2D eigenvalue weighted by Crippen LogP contribution is 2.35. The summed E-state index contributed by atoms with van der Waals surface area (Å²) < 4.78 is 26.2. The number of aldehydes is 1. The van der Waals surface area contributed by atoms with Gasteiger partial charge in [-0.25, -0.2) is 4.39 Å². The first-order valence-electron chi connectivity index (χ1n) is 9.73. The number of hydrogen-bond acceptors (Lipinski definition) is 4. The molecule has 0 spiro atoms. The lowest BCUT2D eigenvalue weighted by atomic mass is 9.82. The Morgan fingerprint density at radius 1 is 1.18 bits per heavy atom. The maximum Gasteiger partial charge on any atom is 0.127 e. The summed E-state index contributed by atoms with van der Waals surface area (Å²) in [6.07, 6.45) is 0.760. The summed E-state index contributed by atoms with van der Waals surface area (Å²) in [5, 5.41) is 0. The van der Waals surface area contributed by atoms with E-state index >= 15 is 0 Å². The Kier molecular flexibility index (Phi) is 6.81. The van der Waals surface area contributed by atoms with Crippen LogP contribution in [-0.4, -0.2) is 44.0 Å². The molecule has 0 aliphatic carbocycles. The van der Waals surface area contributed by atoms with E-state index in [4.69, 9.17) is 9.47 Å². The first-order valence-corrected chi connectivity index (χ1v) is 9.73. The SMILES string of the molecule is CC(C)(CN1CCOCC1)c1cc(F)c(CC=O)cc1OCc1ccccc1. The van der Waals surface area contributed by atoms with E-state index < -0.39 is 0 Å². The predicted molar refractivity (Wildman–Crippen MR) is 107 cm³/mol. The van der Waals surface area contributed by atoms with Gasteiger partial charge in [-0.3, -0.25) is 4.90 Å². The fourth-order valence-electron chi connectivity index (χ4n) is 3.63. The molecule has 0 radical (unpaired) electrons. The second-order valence-corrected chi connectivity index (χ2v) is 7.86. The van der Waals surface area contributed by atoms with E-state index in [-0.39, 0.29) is 17.7 Å². The van der Waals surface area contributed by atoms with Gasteiger partial charge in [0.15, 0.2) is 0 Å². The zero-order valence-corrected chi connectivity index (χ0v) is 16.6. The van der Waals surface area contributed by atoms with Crippen LogP contribution in [0.15, 0.2) is 42.5 Å². The molecule has 0 unspecified atom stereocenters. The molecule has 1 heterocycles. The van der Waals surface area contributed by atoms with Crippen molar-refractivity contribution in [1.82, 2.24) is 4.90 Å². The Bertz CT molecular complexity index is 786. The minimum Gasteiger partial charge on any atom is -0.489 e. The van der Waals surface area contributed by atoms with Gasteiger partial charge in [0, 0.05) is 37.0 Å².